The molecule has 1 aliphatic rings. The summed E-state index contributed by atoms with van der Waals surface area (Å²) < 4.78 is 29.5. The van der Waals surface area contributed by atoms with Crippen LogP contribution in [0.3, 0.4) is 0 Å². The average molecular weight is 748 g/mol. The molecule has 48 heavy (non-hydrogen) atoms. The number of sulfonamides is 1. The smallest absolute Gasteiger partial charge is 0.264 e. The van der Waals surface area contributed by atoms with Gasteiger partial charge in [0, 0.05) is 19.0 Å². The molecule has 4 aromatic rings. The van der Waals surface area contributed by atoms with Crippen molar-refractivity contribution in [1.82, 2.24) is 10.2 Å². The summed E-state index contributed by atoms with van der Waals surface area (Å²) in [6.07, 6.45) is 3.90. The maximum absolute atomic E-state index is 14.7. The first-order valence-corrected chi connectivity index (χ1v) is 18.5. The molecule has 0 radical (unpaired) electrons. The minimum atomic E-state index is -4.34. The number of hydrogen-bond donors (Lipinski definition) is 1. The monoisotopic (exact) mass is 745 g/mol. The number of aryl methyl sites for hydroxylation is 1. The van der Waals surface area contributed by atoms with Crippen molar-refractivity contribution in [3.63, 3.8) is 0 Å². The topological polar surface area (TPSA) is 86.8 Å². The molecule has 1 fully saturated rings. The highest BCUT2D eigenvalue weighted by Crippen LogP contribution is 2.36. The molecule has 12 heteroatoms. The molecule has 0 heterocycles. The Morgan fingerprint density at radius 2 is 1.50 bits per heavy atom. The number of amides is 2. The largest absolute Gasteiger partial charge is 0.352 e. The first kappa shape index (κ1) is 36.0. The zero-order chi connectivity index (χ0) is 34.4. The number of carbonyl (C=O) groups excluding carboxylic acids is 2. The Morgan fingerprint density at radius 1 is 0.812 bits per heavy atom. The number of nitrogens with zero attached hydrogens (tertiary/aromatic N) is 2. The van der Waals surface area contributed by atoms with Crippen LogP contribution in [0.25, 0.3) is 0 Å². The van der Waals surface area contributed by atoms with Gasteiger partial charge in [-0.2, -0.15) is 0 Å². The van der Waals surface area contributed by atoms with E-state index >= 15 is 0 Å². The lowest BCUT2D eigenvalue weighted by Gasteiger charge is -2.34. The van der Waals surface area contributed by atoms with Crippen molar-refractivity contribution in [1.29, 1.82) is 0 Å². The number of carbonyl (C=O) groups is 2. The fraction of sp³-hybridized carbons (Fsp3) is 0.278. The predicted molar refractivity (Wildman–Crippen MR) is 194 cm³/mol. The van der Waals surface area contributed by atoms with E-state index in [1.165, 1.54) is 29.2 Å². The van der Waals surface area contributed by atoms with Gasteiger partial charge in [-0.1, -0.05) is 119 Å². The molecule has 0 aromatic heterocycles. The zero-order valence-electron chi connectivity index (χ0n) is 26.2. The summed E-state index contributed by atoms with van der Waals surface area (Å²) in [5, 5.41) is 3.87. The minimum Gasteiger partial charge on any atom is -0.352 e. The second-order valence-corrected chi connectivity index (χ2v) is 15.3. The van der Waals surface area contributed by atoms with Gasteiger partial charge >= 0.3 is 0 Å². The van der Waals surface area contributed by atoms with Crippen molar-refractivity contribution in [2.45, 2.75) is 62.6 Å². The third kappa shape index (κ3) is 8.65. The van der Waals surface area contributed by atoms with Crippen LogP contribution in [0.1, 0.15) is 42.4 Å². The second kappa shape index (κ2) is 16.0. The van der Waals surface area contributed by atoms with Gasteiger partial charge in [0.05, 0.1) is 30.7 Å². The van der Waals surface area contributed by atoms with Crippen LogP contribution in [0.2, 0.25) is 20.1 Å². The van der Waals surface area contributed by atoms with Gasteiger partial charge in [-0.05, 0) is 67.3 Å². The molecule has 2 amide bonds. The average Bonchev–Trinajstić information content (AvgIpc) is 3.58. The Bertz CT molecular complexity index is 1870. The Hall–Kier alpha value is -3.27. The van der Waals surface area contributed by atoms with Gasteiger partial charge in [-0.15, -0.1) is 0 Å². The van der Waals surface area contributed by atoms with Gasteiger partial charge in [0.2, 0.25) is 11.8 Å². The minimum absolute atomic E-state index is 0.0126. The van der Waals surface area contributed by atoms with E-state index in [-0.39, 0.29) is 50.6 Å². The molecule has 1 N–H and O–H groups in total. The van der Waals surface area contributed by atoms with Crippen LogP contribution < -0.4 is 9.62 Å². The third-order valence-electron chi connectivity index (χ3n) is 8.40. The van der Waals surface area contributed by atoms with E-state index in [1.54, 1.807) is 36.4 Å². The lowest BCUT2D eigenvalue weighted by atomic mass is 10.0. The standard InChI is InChI=1S/C36H35Cl4N3O4S/c1-24-14-17-28(18-15-24)48(46,47)43(32-13-7-12-30(38)35(32)40)23-34(44)42(22-26-16-19-29(37)31(39)20-26)33(21-25-8-3-2-4-9-25)36(45)41-27-10-5-6-11-27/h2-4,7-9,12-20,27,33H,5-6,10-11,21-23H2,1H3,(H,41,45)/t33-/m1/s1. The zero-order valence-corrected chi connectivity index (χ0v) is 30.1. The summed E-state index contributed by atoms with van der Waals surface area (Å²) in [7, 11) is -4.34. The third-order valence-corrected chi connectivity index (χ3v) is 11.7. The van der Waals surface area contributed by atoms with Crippen molar-refractivity contribution in [2.24, 2.45) is 0 Å². The molecule has 0 unspecified atom stereocenters. The van der Waals surface area contributed by atoms with E-state index < -0.39 is 28.5 Å². The number of rotatable bonds is 12. The van der Waals surface area contributed by atoms with Crippen LogP contribution in [0.15, 0.2) is 95.9 Å². The maximum atomic E-state index is 14.7. The molecule has 252 valence electrons. The number of hydrogen-bond acceptors (Lipinski definition) is 4. The van der Waals surface area contributed by atoms with Crippen LogP contribution in [0.5, 0.6) is 0 Å². The maximum Gasteiger partial charge on any atom is 0.264 e. The van der Waals surface area contributed by atoms with Crippen LogP contribution in [0, 0.1) is 6.92 Å². The molecule has 7 nitrogen and oxygen atoms in total. The molecule has 5 rings (SSSR count). The van der Waals surface area contributed by atoms with Crippen LogP contribution in [-0.4, -0.2) is 43.8 Å². The molecule has 0 spiro atoms. The van der Waals surface area contributed by atoms with Gasteiger partial charge in [0.15, 0.2) is 0 Å². The molecule has 0 aliphatic heterocycles. The number of anilines is 1. The molecular formula is C36H35Cl4N3O4S. The number of halogens is 4. The highest BCUT2D eigenvalue weighted by atomic mass is 35.5. The molecule has 1 saturated carbocycles. The summed E-state index contributed by atoms with van der Waals surface area (Å²) >= 11 is 25.5. The summed E-state index contributed by atoms with van der Waals surface area (Å²) in [5.41, 5.74) is 2.33. The van der Waals surface area contributed by atoms with Crippen molar-refractivity contribution in [2.75, 3.05) is 10.8 Å². The van der Waals surface area contributed by atoms with Gasteiger partial charge in [-0.25, -0.2) is 8.42 Å². The summed E-state index contributed by atoms with van der Waals surface area (Å²) in [4.78, 5) is 30.2. The normalized spacial score (nSPS) is 14.0. The van der Waals surface area contributed by atoms with Crippen LogP contribution >= 0.6 is 46.4 Å². The summed E-state index contributed by atoms with van der Waals surface area (Å²) in [6, 6.07) is 24.2. The van der Waals surface area contributed by atoms with Gasteiger partial charge in [0.1, 0.15) is 12.6 Å². The van der Waals surface area contributed by atoms with E-state index in [0.717, 1.165) is 41.1 Å². The molecular weight excluding hydrogens is 712 g/mol. The quantitative estimate of drug-likeness (QED) is 0.158. The van der Waals surface area contributed by atoms with Crippen LogP contribution in [0.4, 0.5) is 5.69 Å². The molecule has 4 aromatic carbocycles. The van der Waals surface area contributed by atoms with E-state index in [4.69, 9.17) is 46.4 Å². The molecule has 1 atom stereocenters. The van der Waals surface area contributed by atoms with Gasteiger partial charge < -0.3 is 10.2 Å². The van der Waals surface area contributed by atoms with E-state index in [0.29, 0.717) is 10.6 Å². The highest BCUT2D eigenvalue weighted by Gasteiger charge is 2.36. The Morgan fingerprint density at radius 3 is 2.17 bits per heavy atom. The van der Waals surface area contributed by atoms with Crippen molar-refractivity contribution in [3.8, 4) is 0 Å². The Balaban J connectivity index is 1.60. The first-order chi connectivity index (χ1) is 22.9. The summed E-state index contributed by atoms with van der Waals surface area (Å²) in [5.74, 6) is -0.955. The molecule has 0 bridgehead atoms. The van der Waals surface area contributed by atoms with Crippen molar-refractivity contribution in [3.05, 3.63) is 128 Å². The summed E-state index contributed by atoms with van der Waals surface area (Å²) in [6.45, 7) is 1.13. The van der Waals surface area contributed by atoms with E-state index in [1.807, 2.05) is 37.3 Å². The fourth-order valence-electron chi connectivity index (χ4n) is 5.79. The Labute approximate surface area is 301 Å². The van der Waals surface area contributed by atoms with Crippen molar-refractivity contribution < 1.29 is 18.0 Å². The first-order valence-electron chi connectivity index (χ1n) is 15.5. The van der Waals surface area contributed by atoms with E-state index in [2.05, 4.69) is 5.32 Å². The number of nitrogens with one attached hydrogen (secondary N) is 1. The van der Waals surface area contributed by atoms with Crippen molar-refractivity contribution >= 4 is 73.9 Å². The van der Waals surface area contributed by atoms with Gasteiger partial charge in [-0.3, -0.25) is 13.9 Å². The van der Waals surface area contributed by atoms with Gasteiger partial charge in [0.25, 0.3) is 10.0 Å². The lowest BCUT2D eigenvalue weighted by molar-refractivity contribution is -0.140. The SMILES string of the molecule is Cc1ccc(S(=O)(=O)N(CC(=O)N(Cc2ccc(Cl)c(Cl)c2)[C@H](Cc2ccccc2)C(=O)NC2CCCC2)c2cccc(Cl)c2Cl)cc1. The fourth-order valence-corrected chi connectivity index (χ4v) is 7.99. The van der Waals surface area contributed by atoms with E-state index in [9.17, 15) is 18.0 Å². The molecule has 1 aliphatic carbocycles. The van der Waals surface area contributed by atoms with Crippen LogP contribution in [-0.2, 0) is 32.6 Å². The number of benzene rings is 4. The predicted octanol–water partition coefficient (Wildman–Crippen LogP) is 8.50. The highest BCUT2D eigenvalue weighted by molar-refractivity contribution is 7.92. The molecule has 0 saturated heterocycles. The Kier molecular flexibility index (Phi) is 12.0. The lowest BCUT2D eigenvalue weighted by Crippen LogP contribution is -2.54. The second-order valence-electron chi connectivity index (χ2n) is 11.9.